The smallest absolute Gasteiger partial charge is 0.317 e. The molecule has 1 saturated carbocycles. The summed E-state index contributed by atoms with van der Waals surface area (Å²) in [5.74, 6) is 0.693. The van der Waals surface area contributed by atoms with Crippen molar-refractivity contribution in [1.82, 2.24) is 24.6 Å². The van der Waals surface area contributed by atoms with Crippen molar-refractivity contribution in [1.29, 1.82) is 0 Å². The van der Waals surface area contributed by atoms with Crippen LogP contribution in [-0.4, -0.2) is 69.6 Å². The number of hydrogen-bond acceptors (Lipinski definition) is 4. The van der Waals surface area contributed by atoms with Crippen molar-refractivity contribution in [3.8, 4) is 0 Å². The van der Waals surface area contributed by atoms with Gasteiger partial charge in [-0.05, 0) is 55.1 Å². The van der Waals surface area contributed by atoms with Crippen molar-refractivity contribution in [2.45, 2.75) is 63.6 Å². The minimum Gasteiger partial charge on any atom is -0.334 e. The van der Waals surface area contributed by atoms with Gasteiger partial charge in [-0.25, -0.2) is 9.52 Å². The molecule has 2 amide bonds. The Morgan fingerprint density at radius 1 is 1.00 bits per heavy atom. The first-order valence-corrected chi connectivity index (χ1v) is 15.4. The van der Waals surface area contributed by atoms with Crippen LogP contribution >= 0.6 is 0 Å². The molecule has 1 saturated heterocycles. The Bertz CT molecular complexity index is 1110. The second-order valence-corrected chi connectivity index (χ2v) is 12.3. The number of nitrogens with zero attached hydrogens (tertiary/aromatic N) is 2. The molecular formula is C29H43N5O3S. The highest BCUT2D eigenvalue weighted by atomic mass is 32.2. The Hall–Kier alpha value is -2.46. The summed E-state index contributed by atoms with van der Waals surface area (Å²) < 4.78 is 29.5. The lowest BCUT2D eigenvalue weighted by molar-refractivity contribution is 0.109. The van der Waals surface area contributed by atoms with E-state index >= 15 is 0 Å². The number of benzene rings is 2. The lowest BCUT2D eigenvalue weighted by Gasteiger charge is -2.39. The second-order valence-electron chi connectivity index (χ2n) is 10.6. The standard InChI is InChI=1S/C29H43N5O3S/c1-3-16-34(29(35)31-21-23-10-6-4-7-11-23)27-14-17-33(18-15-27)22-25-19-26(32-38(36,37)30-2)20-28(25)24-12-8-5-9-13-24/h4-13,25-28,30,32H,3,14-22H2,1-2H3,(H,31,35)/t25-,26?,28-/m1/s1. The van der Waals surface area contributed by atoms with Gasteiger partial charge in [-0.15, -0.1) is 0 Å². The monoisotopic (exact) mass is 541 g/mol. The predicted molar refractivity (Wildman–Crippen MR) is 152 cm³/mol. The van der Waals surface area contributed by atoms with Crippen LogP contribution in [0.15, 0.2) is 60.7 Å². The summed E-state index contributed by atoms with van der Waals surface area (Å²) in [4.78, 5) is 17.6. The fraction of sp³-hybridized carbons (Fsp3) is 0.552. The summed E-state index contributed by atoms with van der Waals surface area (Å²) in [6.07, 6.45) is 4.47. The maximum absolute atomic E-state index is 13.1. The van der Waals surface area contributed by atoms with Gasteiger partial charge in [-0.2, -0.15) is 13.1 Å². The zero-order valence-corrected chi connectivity index (χ0v) is 23.5. The highest BCUT2D eigenvalue weighted by molar-refractivity contribution is 7.87. The zero-order chi connectivity index (χ0) is 27.0. The second kappa shape index (κ2) is 13.6. The zero-order valence-electron chi connectivity index (χ0n) is 22.7. The van der Waals surface area contributed by atoms with Crippen LogP contribution in [0.4, 0.5) is 4.79 Å². The quantitative estimate of drug-likeness (QED) is 0.405. The van der Waals surface area contributed by atoms with Crippen molar-refractivity contribution in [2.24, 2.45) is 5.92 Å². The molecular weight excluding hydrogens is 498 g/mol. The first-order chi connectivity index (χ1) is 18.4. The van der Waals surface area contributed by atoms with Crippen LogP contribution in [-0.2, 0) is 16.8 Å². The molecule has 3 N–H and O–H groups in total. The van der Waals surface area contributed by atoms with Crippen molar-refractivity contribution in [3.63, 3.8) is 0 Å². The van der Waals surface area contributed by atoms with E-state index < -0.39 is 10.2 Å². The molecule has 2 aromatic carbocycles. The predicted octanol–water partition coefficient (Wildman–Crippen LogP) is 3.69. The van der Waals surface area contributed by atoms with Crippen molar-refractivity contribution in [3.05, 3.63) is 71.8 Å². The fourth-order valence-electron chi connectivity index (χ4n) is 6.12. The molecule has 9 heteroatoms. The molecule has 3 atom stereocenters. The lowest BCUT2D eigenvalue weighted by atomic mass is 9.88. The van der Waals surface area contributed by atoms with Crippen LogP contribution in [0.5, 0.6) is 0 Å². The van der Waals surface area contributed by atoms with Gasteiger partial charge in [-0.1, -0.05) is 67.6 Å². The molecule has 8 nitrogen and oxygen atoms in total. The maximum Gasteiger partial charge on any atom is 0.317 e. The molecule has 2 fully saturated rings. The number of nitrogens with one attached hydrogen (secondary N) is 3. The van der Waals surface area contributed by atoms with Crippen molar-refractivity contribution < 1.29 is 13.2 Å². The normalized spacial score (nSPS) is 22.8. The van der Waals surface area contributed by atoms with Gasteiger partial charge >= 0.3 is 6.03 Å². The summed E-state index contributed by atoms with van der Waals surface area (Å²) in [6, 6.07) is 20.7. The van der Waals surface area contributed by atoms with E-state index in [1.807, 2.05) is 41.3 Å². The van der Waals surface area contributed by atoms with Crippen LogP contribution in [0.25, 0.3) is 0 Å². The molecule has 4 rings (SSSR count). The Morgan fingerprint density at radius 3 is 2.29 bits per heavy atom. The van der Waals surface area contributed by atoms with Crippen LogP contribution in [0.1, 0.15) is 56.1 Å². The van der Waals surface area contributed by atoms with E-state index in [9.17, 15) is 13.2 Å². The van der Waals surface area contributed by atoms with Gasteiger partial charge in [0.2, 0.25) is 0 Å². The van der Waals surface area contributed by atoms with E-state index in [-0.39, 0.29) is 18.1 Å². The van der Waals surface area contributed by atoms with Gasteiger partial charge in [0, 0.05) is 51.9 Å². The molecule has 1 aliphatic carbocycles. The number of piperidine rings is 1. The number of hydrogen-bond donors (Lipinski definition) is 3. The van der Waals surface area contributed by atoms with E-state index in [2.05, 4.69) is 50.9 Å². The van der Waals surface area contributed by atoms with Gasteiger partial charge in [0.15, 0.2) is 0 Å². The van der Waals surface area contributed by atoms with Gasteiger partial charge in [0.05, 0.1) is 0 Å². The van der Waals surface area contributed by atoms with Gasteiger partial charge in [-0.3, -0.25) is 0 Å². The van der Waals surface area contributed by atoms with Crippen molar-refractivity contribution in [2.75, 3.05) is 33.2 Å². The largest absolute Gasteiger partial charge is 0.334 e. The molecule has 208 valence electrons. The van der Waals surface area contributed by atoms with E-state index in [0.29, 0.717) is 18.4 Å². The summed E-state index contributed by atoms with van der Waals surface area (Å²) in [5, 5.41) is 3.12. The SMILES string of the molecule is CCCN(C(=O)NCc1ccccc1)C1CCN(C[C@H]2CC(NS(=O)(=O)NC)C[C@@H]2c2ccccc2)CC1. The highest BCUT2D eigenvalue weighted by Gasteiger charge is 2.38. The van der Waals surface area contributed by atoms with E-state index in [0.717, 1.165) is 63.8 Å². The number of rotatable bonds is 11. The van der Waals surface area contributed by atoms with Crippen molar-refractivity contribution >= 4 is 16.2 Å². The Labute approximate surface area is 228 Å². The molecule has 1 heterocycles. The third-order valence-electron chi connectivity index (χ3n) is 8.02. The third-order valence-corrected chi connectivity index (χ3v) is 9.20. The average molecular weight is 542 g/mol. The Kier molecular flexibility index (Phi) is 10.2. The number of carbonyl (C=O) groups is 1. The summed E-state index contributed by atoms with van der Waals surface area (Å²) in [5.41, 5.74) is 2.38. The average Bonchev–Trinajstić information content (AvgIpc) is 3.33. The van der Waals surface area contributed by atoms with E-state index in [4.69, 9.17) is 0 Å². The molecule has 1 aliphatic heterocycles. The summed E-state index contributed by atoms with van der Waals surface area (Å²) >= 11 is 0. The number of amides is 2. The minimum absolute atomic E-state index is 0.0220. The van der Waals surface area contributed by atoms with E-state index in [1.54, 1.807) is 0 Å². The molecule has 1 unspecified atom stereocenters. The van der Waals surface area contributed by atoms with Gasteiger partial charge in [0.25, 0.3) is 10.2 Å². The summed E-state index contributed by atoms with van der Waals surface area (Å²) in [6.45, 7) is 6.26. The van der Waals surface area contributed by atoms with Gasteiger partial charge < -0.3 is 15.1 Å². The first kappa shape index (κ1) is 28.5. The van der Waals surface area contributed by atoms with E-state index in [1.165, 1.54) is 12.6 Å². The summed E-state index contributed by atoms with van der Waals surface area (Å²) in [7, 11) is -2.03. The van der Waals surface area contributed by atoms with Gasteiger partial charge in [0.1, 0.15) is 0 Å². The van der Waals surface area contributed by atoms with Crippen LogP contribution in [0.3, 0.4) is 0 Å². The molecule has 38 heavy (non-hydrogen) atoms. The fourth-order valence-corrected chi connectivity index (χ4v) is 6.87. The Balaban J connectivity index is 1.34. The number of carbonyl (C=O) groups excluding carboxylic acids is 1. The topological polar surface area (TPSA) is 93.8 Å². The van der Waals surface area contributed by atoms with Crippen LogP contribution in [0, 0.1) is 5.92 Å². The maximum atomic E-state index is 13.1. The Morgan fingerprint density at radius 2 is 1.66 bits per heavy atom. The first-order valence-electron chi connectivity index (χ1n) is 13.9. The third kappa shape index (κ3) is 7.79. The highest BCUT2D eigenvalue weighted by Crippen LogP contribution is 2.41. The molecule has 0 radical (unpaired) electrons. The molecule has 0 bridgehead atoms. The molecule has 2 aromatic rings. The van der Waals surface area contributed by atoms with Crippen LogP contribution < -0.4 is 14.8 Å². The number of urea groups is 1. The van der Waals surface area contributed by atoms with Crippen LogP contribution in [0.2, 0.25) is 0 Å². The molecule has 0 spiro atoms. The lowest BCUT2D eigenvalue weighted by Crippen LogP contribution is -2.51. The minimum atomic E-state index is -3.48. The number of likely N-dealkylation sites (tertiary alicyclic amines) is 1. The molecule has 0 aromatic heterocycles. The molecule has 2 aliphatic rings.